The number of nitrogens with zero attached hydrogens (tertiary/aromatic N) is 2. The fourth-order valence-electron chi connectivity index (χ4n) is 0.631. The van der Waals surface area contributed by atoms with Crippen LogP contribution in [0.1, 0.15) is 5.82 Å². The van der Waals surface area contributed by atoms with Crippen LogP contribution < -0.4 is 5.32 Å². The molecule has 3 nitrogen and oxygen atoms in total. The minimum Gasteiger partial charge on any atom is -0.372 e. The zero-order valence-electron chi connectivity index (χ0n) is 5.85. The molecule has 0 atom stereocenters. The Labute approximate surface area is 68.0 Å². The minimum absolute atomic E-state index is 0.771. The van der Waals surface area contributed by atoms with Gasteiger partial charge < -0.3 is 5.32 Å². The molecule has 0 saturated carbocycles. The van der Waals surface area contributed by atoms with Gasteiger partial charge >= 0.3 is 0 Å². The van der Waals surface area contributed by atoms with Crippen molar-refractivity contribution >= 4 is 21.7 Å². The van der Waals surface area contributed by atoms with E-state index in [1.165, 1.54) is 0 Å². The molecule has 0 unspecified atom stereocenters. The van der Waals surface area contributed by atoms with E-state index in [2.05, 4.69) is 31.2 Å². The molecule has 1 heterocycles. The molecule has 4 heteroatoms. The van der Waals surface area contributed by atoms with Gasteiger partial charge in [-0.3, -0.25) is 0 Å². The van der Waals surface area contributed by atoms with Crippen LogP contribution in [0.2, 0.25) is 0 Å². The lowest BCUT2D eigenvalue weighted by Crippen LogP contribution is -1.96. The van der Waals surface area contributed by atoms with Crippen LogP contribution in [0.5, 0.6) is 0 Å². The molecule has 0 aromatic carbocycles. The highest BCUT2D eigenvalue weighted by molar-refractivity contribution is 9.10. The van der Waals surface area contributed by atoms with E-state index >= 15 is 0 Å². The van der Waals surface area contributed by atoms with E-state index in [0.717, 1.165) is 16.1 Å². The van der Waals surface area contributed by atoms with Gasteiger partial charge in [-0.05, 0) is 22.9 Å². The Morgan fingerprint density at radius 3 is 2.80 bits per heavy atom. The number of nitrogens with one attached hydrogen (secondary N) is 1. The van der Waals surface area contributed by atoms with Crippen LogP contribution in [-0.2, 0) is 0 Å². The van der Waals surface area contributed by atoms with E-state index in [-0.39, 0.29) is 0 Å². The largest absolute Gasteiger partial charge is 0.372 e. The average Bonchev–Trinajstić information content (AvgIpc) is 1.94. The predicted molar refractivity (Wildman–Crippen MR) is 44.0 cm³/mol. The van der Waals surface area contributed by atoms with Gasteiger partial charge in [0.1, 0.15) is 11.6 Å². The second-order valence-corrected chi connectivity index (χ2v) is 2.72. The van der Waals surface area contributed by atoms with Gasteiger partial charge in [0.05, 0.1) is 4.47 Å². The fraction of sp³-hybridized carbons (Fsp3) is 0.333. The molecule has 0 radical (unpaired) electrons. The van der Waals surface area contributed by atoms with Crippen molar-refractivity contribution < 1.29 is 0 Å². The number of rotatable bonds is 1. The molecule has 0 aliphatic heterocycles. The first-order chi connectivity index (χ1) is 4.74. The van der Waals surface area contributed by atoms with Gasteiger partial charge in [-0.1, -0.05) is 0 Å². The van der Waals surface area contributed by atoms with E-state index < -0.39 is 0 Å². The Bertz CT molecular complexity index is 236. The van der Waals surface area contributed by atoms with E-state index in [1.54, 1.807) is 6.20 Å². The van der Waals surface area contributed by atoms with Gasteiger partial charge in [0.25, 0.3) is 0 Å². The standard InChI is InChI=1S/C6H8BrN3/c1-4-9-3-5(7)6(8-2)10-4/h3H,1-2H3,(H,8,9,10). The molecular formula is C6H8BrN3. The molecular weight excluding hydrogens is 194 g/mol. The summed E-state index contributed by atoms with van der Waals surface area (Å²) in [5.74, 6) is 1.60. The SMILES string of the molecule is CNc1nc(C)ncc1Br. The summed E-state index contributed by atoms with van der Waals surface area (Å²) in [6, 6.07) is 0. The second-order valence-electron chi connectivity index (χ2n) is 1.86. The van der Waals surface area contributed by atoms with Crippen LogP contribution in [-0.4, -0.2) is 17.0 Å². The number of hydrogen-bond donors (Lipinski definition) is 1. The first-order valence-corrected chi connectivity index (χ1v) is 3.70. The molecule has 54 valence electrons. The molecule has 0 aliphatic carbocycles. The number of aryl methyl sites for hydroxylation is 1. The fourth-order valence-corrected chi connectivity index (χ4v) is 1.02. The molecule has 0 aliphatic rings. The zero-order chi connectivity index (χ0) is 7.56. The van der Waals surface area contributed by atoms with Crippen LogP contribution in [0, 0.1) is 6.92 Å². The summed E-state index contributed by atoms with van der Waals surface area (Å²) in [7, 11) is 1.83. The molecule has 0 amide bonds. The van der Waals surface area contributed by atoms with Crippen LogP contribution in [0.4, 0.5) is 5.82 Å². The summed E-state index contributed by atoms with van der Waals surface area (Å²) in [4.78, 5) is 8.11. The minimum atomic E-state index is 0.771. The van der Waals surface area contributed by atoms with Gasteiger partial charge in [-0.25, -0.2) is 9.97 Å². The lowest BCUT2D eigenvalue weighted by atomic mass is 10.5. The lowest BCUT2D eigenvalue weighted by Gasteiger charge is -2.00. The summed E-state index contributed by atoms with van der Waals surface area (Å²) in [6.45, 7) is 1.85. The van der Waals surface area contributed by atoms with Gasteiger partial charge in [-0.15, -0.1) is 0 Å². The van der Waals surface area contributed by atoms with Crippen molar-refractivity contribution in [2.24, 2.45) is 0 Å². The van der Waals surface area contributed by atoms with Crippen LogP contribution >= 0.6 is 15.9 Å². The third-order valence-corrected chi connectivity index (χ3v) is 1.68. The first kappa shape index (κ1) is 7.47. The lowest BCUT2D eigenvalue weighted by molar-refractivity contribution is 1.04. The molecule has 0 saturated heterocycles. The van der Waals surface area contributed by atoms with E-state index in [0.29, 0.717) is 0 Å². The Morgan fingerprint density at radius 2 is 2.30 bits per heavy atom. The Morgan fingerprint density at radius 1 is 1.60 bits per heavy atom. The molecule has 1 rings (SSSR count). The Balaban J connectivity index is 3.09. The molecule has 0 fully saturated rings. The van der Waals surface area contributed by atoms with Crippen molar-refractivity contribution in [1.82, 2.24) is 9.97 Å². The number of anilines is 1. The van der Waals surface area contributed by atoms with Gasteiger partial charge in [0, 0.05) is 13.2 Å². The third-order valence-electron chi connectivity index (χ3n) is 1.10. The van der Waals surface area contributed by atoms with E-state index in [1.807, 2.05) is 14.0 Å². The summed E-state index contributed by atoms with van der Waals surface area (Å²) >= 11 is 3.30. The average molecular weight is 202 g/mol. The van der Waals surface area contributed by atoms with E-state index in [4.69, 9.17) is 0 Å². The maximum Gasteiger partial charge on any atom is 0.143 e. The molecule has 10 heavy (non-hydrogen) atoms. The van der Waals surface area contributed by atoms with Crippen molar-refractivity contribution in [3.8, 4) is 0 Å². The van der Waals surface area contributed by atoms with Gasteiger partial charge in [-0.2, -0.15) is 0 Å². The number of halogens is 1. The van der Waals surface area contributed by atoms with Gasteiger partial charge in [0.15, 0.2) is 0 Å². The Kier molecular flexibility index (Phi) is 2.21. The second kappa shape index (κ2) is 2.96. The van der Waals surface area contributed by atoms with Crippen LogP contribution in [0.25, 0.3) is 0 Å². The zero-order valence-corrected chi connectivity index (χ0v) is 7.44. The smallest absolute Gasteiger partial charge is 0.143 e. The quantitative estimate of drug-likeness (QED) is 0.751. The summed E-state index contributed by atoms with van der Waals surface area (Å²) < 4.78 is 0.889. The van der Waals surface area contributed by atoms with Crippen molar-refractivity contribution in [2.75, 3.05) is 12.4 Å². The topological polar surface area (TPSA) is 37.8 Å². The van der Waals surface area contributed by atoms with Crippen molar-refractivity contribution in [3.63, 3.8) is 0 Å². The normalized spacial score (nSPS) is 9.50. The predicted octanol–water partition coefficient (Wildman–Crippen LogP) is 1.59. The summed E-state index contributed by atoms with van der Waals surface area (Å²) in [5.41, 5.74) is 0. The summed E-state index contributed by atoms with van der Waals surface area (Å²) in [5, 5.41) is 2.94. The highest BCUT2D eigenvalue weighted by Gasteiger charge is 1.97. The number of hydrogen-bond acceptors (Lipinski definition) is 3. The number of aromatic nitrogens is 2. The maximum atomic E-state index is 4.12. The van der Waals surface area contributed by atoms with Crippen LogP contribution in [0.15, 0.2) is 10.7 Å². The van der Waals surface area contributed by atoms with Crippen LogP contribution in [0.3, 0.4) is 0 Å². The highest BCUT2D eigenvalue weighted by Crippen LogP contribution is 2.16. The molecule has 1 aromatic rings. The molecule has 1 N–H and O–H groups in total. The third kappa shape index (κ3) is 1.44. The van der Waals surface area contributed by atoms with Gasteiger partial charge in [0.2, 0.25) is 0 Å². The molecule has 1 aromatic heterocycles. The monoisotopic (exact) mass is 201 g/mol. The van der Waals surface area contributed by atoms with Crippen molar-refractivity contribution in [1.29, 1.82) is 0 Å². The Hall–Kier alpha value is -0.640. The van der Waals surface area contributed by atoms with Crippen molar-refractivity contribution in [2.45, 2.75) is 6.92 Å². The molecule has 0 spiro atoms. The highest BCUT2D eigenvalue weighted by atomic mass is 79.9. The maximum absolute atomic E-state index is 4.12. The summed E-state index contributed by atoms with van der Waals surface area (Å²) in [6.07, 6.45) is 1.73. The van der Waals surface area contributed by atoms with Crippen molar-refractivity contribution in [3.05, 3.63) is 16.5 Å². The molecule has 0 bridgehead atoms. The van der Waals surface area contributed by atoms with E-state index in [9.17, 15) is 0 Å². The first-order valence-electron chi connectivity index (χ1n) is 2.91.